The van der Waals surface area contributed by atoms with Gasteiger partial charge in [0.25, 0.3) is 0 Å². The van der Waals surface area contributed by atoms with Gasteiger partial charge < -0.3 is 9.47 Å². The summed E-state index contributed by atoms with van der Waals surface area (Å²) < 4.78 is 36.6. The molecular formula is C17H26O4S. The summed E-state index contributed by atoms with van der Waals surface area (Å²) in [5, 5.41) is 0. The van der Waals surface area contributed by atoms with Crippen LogP contribution in [0.15, 0.2) is 35.2 Å². The Bertz CT molecular complexity index is 560. The summed E-state index contributed by atoms with van der Waals surface area (Å²) in [4.78, 5) is 0.367. The van der Waals surface area contributed by atoms with E-state index in [9.17, 15) is 8.42 Å². The maximum absolute atomic E-state index is 12.5. The van der Waals surface area contributed by atoms with Gasteiger partial charge in [-0.3, -0.25) is 0 Å². The largest absolute Gasteiger partial charge is 0.353 e. The standard InChI is InChI=1S/C17H26O4S/c1-14(13-22(18,19)15-9-5-4-6-10-15)17(2,3)21-16-11-7-8-12-20-16/h4-6,9-10,14,16H,7-8,11-13H2,1-3H3/t14-,16+/m0/s1. The van der Waals surface area contributed by atoms with Crippen molar-refractivity contribution < 1.29 is 17.9 Å². The first-order valence-electron chi connectivity index (χ1n) is 7.88. The molecule has 0 radical (unpaired) electrons. The highest BCUT2D eigenvalue weighted by Crippen LogP contribution is 2.29. The molecule has 1 saturated heterocycles. The number of benzene rings is 1. The molecule has 4 nitrogen and oxygen atoms in total. The third kappa shape index (κ3) is 4.54. The Hall–Kier alpha value is -0.910. The summed E-state index contributed by atoms with van der Waals surface area (Å²) in [6.45, 7) is 6.52. The highest BCUT2D eigenvalue weighted by atomic mass is 32.2. The van der Waals surface area contributed by atoms with Gasteiger partial charge in [0.15, 0.2) is 16.1 Å². The molecule has 0 amide bonds. The minimum Gasteiger partial charge on any atom is -0.353 e. The van der Waals surface area contributed by atoms with Crippen LogP contribution in [0.1, 0.15) is 40.0 Å². The maximum atomic E-state index is 12.5. The first-order valence-corrected chi connectivity index (χ1v) is 9.54. The molecule has 0 bridgehead atoms. The fourth-order valence-corrected chi connectivity index (χ4v) is 4.34. The van der Waals surface area contributed by atoms with E-state index in [1.807, 2.05) is 26.8 Å². The molecule has 0 unspecified atom stereocenters. The van der Waals surface area contributed by atoms with Crippen LogP contribution in [0.4, 0.5) is 0 Å². The van der Waals surface area contributed by atoms with Crippen LogP contribution < -0.4 is 0 Å². The Kier molecular flexibility index (Phi) is 5.64. The summed E-state index contributed by atoms with van der Waals surface area (Å²) in [5.74, 6) is -0.0697. The molecule has 22 heavy (non-hydrogen) atoms. The lowest BCUT2D eigenvalue weighted by molar-refractivity contribution is -0.225. The summed E-state index contributed by atoms with van der Waals surface area (Å²) in [6, 6.07) is 8.58. The van der Waals surface area contributed by atoms with Crippen LogP contribution >= 0.6 is 0 Å². The van der Waals surface area contributed by atoms with Crippen molar-refractivity contribution in [1.82, 2.24) is 0 Å². The minimum atomic E-state index is -3.30. The second kappa shape index (κ2) is 7.11. The van der Waals surface area contributed by atoms with Crippen LogP contribution in [0.2, 0.25) is 0 Å². The molecule has 5 heteroatoms. The molecule has 2 rings (SSSR count). The normalized spacial score (nSPS) is 21.5. The van der Waals surface area contributed by atoms with Gasteiger partial charge in [0.05, 0.1) is 16.2 Å². The summed E-state index contributed by atoms with van der Waals surface area (Å²) in [6.07, 6.45) is 2.82. The fraction of sp³-hybridized carbons (Fsp3) is 0.647. The van der Waals surface area contributed by atoms with Gasteiger partial charge in [-0.15, -0.1) is 0 Å². The van der Waals surface area contributed by atoms with Crippen LogP contribution in [-0.4, -0.2) is 32.7 Å². The Balaban J connectivity index is 2.01. The molecule has 1 aliphatic rings. The van der Waals surface area contributed by atoms with Gasteiger partial charge in [-0.05, 0) is 51.2 Å². The Morgan fingerprint density at radius 3 is 2.55 bits per heavy atom. The second-order valence-electron chi connectivity index (χ2n) is 6.51. The molecule has 0 aliphatic carbocycles. The summed E-state index contributed by atoms with van der Waals surface area (Å²) >= 11 is 0. The maximum Gasteiger partial charge on any atom is 0.178 e. The van der Waals surface area contributed by atoms with Gasteiger partial charge >= 0.3 is 0 Å². The number of sulfone groups is 1. The molecule has 1 aromatic rings. The number of rotatable bonds is 6. The zero-order chi connectivity index (χ0) is 16.2. The van der Waals surface area contributed by atoms with Crippen molar-refractivity contribution in [3.63, 3.8) is 0 Å². The topological polar surface area (TPSA) is 52.6 Å². The molecule has 1 aliphatic heterocycles. The van der Waals surface area contributed by atoms with E-state index >= 15 is 0 Å². The number of ether oxygens (including phenoxy) is 2. The van der Waals surface area contributed by atoms with Gasteiger partial charge in [0.2, 0.25) is 0 Å². The van der Waals surface area contributed by atoms with Crippen molar-refractivity contribution in [1.29, 1.82) is 0 Å². The van der Waals surface area contributed by atoms with Crippen molar-refractivity contribution in [2.75, 3.05) is 12.4 Å². The van der Waals surface area contributed by atoms with Crippen LogP contribution in [0.25, 0.3) is 0 Å². The predicted octanol–water partition coefficient (Wildman–Crippen LogP) is 3.42. The van der Waals surface area contributed by atoms with Gasteiger partial charge in [-0.25, -0.2) is 8.42 Å². The third-order valence-electron chi connectivity index (χ3n) is 4.33. The Morgan fingerprint density at radius 1 is 1.27 bits per heavy atom. The average molecular weight is 326 g/mol. The van der Waals surface area contributed by atoms with Crippen molar-refractivity contribution in [2.45, 2.75) is 56.8 Å². The molecule has 0 aromatic heterocycles. The molecule has 0 spiro atoms. The molecular weight excluding hydrogens is 300 g/mol. The molecule has 0 saturated carbocycles. The molecule has 0 N–H and O–H groups in total. The van der Waals surface area contributed by atoms with Crippen LogP contribution in [0.3, 0.4) is 0 Å². The first kappa shape index (κ1) is 17.4. The third-order valence-corrected chi connectivity index (χ3v) is 6.26. The molecule has 2 atom stereocenters. The number of hydrogen-bond donors (Lipinski definition) is 0. The highest BCUT2D eigenvalue weighted by Gasteiger charge is 2.34. The fourth-order valence-electron chi connectivity index (χ4n) is 2.51. The van der Waals surface area contributed by atoms with Crippen molar-refractivity contribution in [3.8, 4) is 0 Å². The SMILES string of the molecule is C[C@@H](CS(=O)(=O)c1ccccc1)C(C)(C)O[C@@H]1CCCCO1. The van der Waals surface area contributed by atoms with Crippen LogP contribution in [0.5, 0.6) is 0 Å². The van der Waals surface area contributed by atoms with E-state index in [0.717, 1.165) is 25.9 Å². The van der Waals surface area contributed by atoms with E-state index in [2.05, 4.69) is 0 Å². The monoisotopic (exact) mass is 326 g/mol. The van der Waals surface area contributed by atoms with Gasteiger partial charge in [0.1, 0.15) is 0 Å². The predicted molar refractivity (Wildman–Crippen MR) is 86.4 cm³/mol. The molecule has 1 aromatic carbocycles. The van der Waals surface area contributed by atoms with Gasteiger partial charge in [-0.1, -0.05) is 25.1 Å². The van der Waals surface area contributed by atoms with Crippen LogP contribution in [0, 0.1) is 5.92 Å². The van der Waals surface area contributed by atoms with E-state index in [1.54, 1.807) is 24.3 Å². The molecule has 1 fully saturated rings. The van der Waals surface area contributed by atoms with E-state index in [4.69, 9.17) is 9.47 Å². The van der Waals surface area contributed by atoms with Crippen molar-refractivity contribution >= 4 is 9.84 Å². The van der Waals surface area contributed by atoms with E-state index in [0.29, 0.717) is 4.90 Å². The second-order valence-corrected chi connectivity index (χ2v) is 8.55. The number of hydrogen-bond acceptors (Lipinski definition) is 4. The zero-order valence-corrected chi connectivity index (χ0v) is 14.4. The first-order chi connectivity index (χ1) is 10.3. The molecule has 124 valence electrons. The minimum absolute atomic E-state index is 0.0662. The summed E-state index contributed by atoms with van der Waals surface area (Å²) in [7, 11) is -3.30. The lowest BCUT2D eigenvalue weighted by Gasteiger charge is -2.36. The van der Waals surface area contributed by atoms with Crippen molar-refractivity contribution in [3.05, 3.63) is 30.3 Å². The summed E-state index contributed by atoms with van der Waals surface area (Å²) in [5.41, 5.74) is -0.552. The average Bonchev–Trinajstić information content (AvgIpc) is 2.48. The smallest absolute Gasteiger partial charge is 0.178 e. The van der Waals surface area contributed by atoms with Gasteiger partial charge in [-0.2, -0.15) is 0 Å². The van der Waals surface area contributed by atoms with E-state index in [-0.39, 0.29) is 18.0 Å². The Morgan fingerprint density at radius 2 is 1.95 bits per heavy atom. The molecule has 1 heterocycles. The Labute approximate surface area is 133 Å². The van der Waals surface area contributed by atoms with E-state index < -0.39 is 15.4 Å². The van der Waals surface area contributed by atoms with Crippen LogP contribution in [-0.2, 0) is 19.3 Å². The highest BCUT2D eigenvalue weighted by molar-refractivity contribution is 7.91. The van der Waals surface area contributed by atoms with E-state index in [1.165, 1.54) is 0 Å². The zero-order valence-electron chi connectivity index (χ0n) is 13.6. The lowest BCUT2D eigenvalue weighted by atomic mass is 9.94. The van der Waals surface area contributed by atoms with Crippen molar-refractivity contribution in [2.24, 2.45) is 5.92 Å². The quantitative estimate of drug-likeness (QED) is 0.804. The van der Waals surface area contributed by atoms with Gasteiger partial charge in [0, 0.05) is 6.61 Å². The lowest BCUT2D eigenvalue weighted by Crippen LogP contribution is -2.41.